The molecule has 0 aliphatic carbocycles. The van der Waals surface area contributed by atoms with E-state index in [0.29, 0.717) is 28.7 Å². The van der Waals surface area contributed by atoms with Crippen molar-refractivity contribution in [3.05, 3.63) is 190 Å². The summed E-state index contributed by atoms with van der Waals surface area (Å²) in [7, 11) is 0. The maximum atomic E-state index is 14.5. The molecule has 0 fully saturated rings. The zero-order valence-electron chi connectivity index (χ0n) is 35.1. The summed E-state index contributed by atoms with van der Waals surface area (Å²) in [5.41, 5.74) is 4.31. The first-order valence-electron chi connectivity index (χ1n) is 21.5. The number of para-hydroxylation sites is 2. The summed E-state index contributed by atoms with van der Waals surface area (Å²) in [5.74, 6) is -4.78. The molecule has 9 aromatic rings. The molecule has 13 heteroatoms. The third-order valence-corrected chi connectivity index (χ3v) is 13.5. The van der Waals surface area contributed by atoms with Gasteiger partial charge >= 0.3 is 0 Å². The SMILES string of the molecule is CCn1c2ccc(N3C(=O)c4ccc5c6c(ccc(c46)C3=O)C(=O)N(c3ccccc3)C5=O)cc2c2cc(N3C(=O)c4ccc5c6c(ccc(c46)C3=O)C(=O)N(c3ccccc3)C5=O)ccc21. The Morgan fingerprint density at radius 2 is 0.552 bits per heavy atom. The van der Waals surface area contributed by atoms with Gasteiger partial charge in [0, 0.05) is 94.4 Å². The number of benzene rings is 8. The maximum Gasteiger partial charge on any atom is 0.265 e. The van der Waals surface area contributed by atoms with Crippen LogP contribution in [0.15, 0.2) is 146 Å². The number of nitrogens with zero attached hydrogens (tertiary/aromatic N) is 5. The van der Waals surface area contributed by atoms with E-state index in [1.54, 1.807) is 84.9 Å². The molecule has 0 bridgehead atoms. The standard InChI is InChI=1S/C54H29N5O8/c1-2-55-41-23-13-29(58-51(64)35-19-15-31-43-32(16-20-36(45(35)43)52(58)65)48(61)56(47(31)60)27-9-5-3-6-10-27)25-39(41)40-26-30(14-24-42(40)55)59-53(66)37-21-17-33-44-34(18-22-38(46(37)44)54(59)67)50(63)57(49(33)62)28-11-7-4-8-12-28/h3-26H,2H2,1H3. The number of hydrogen-bond donors (Lipinski definition) is 0. The Hall–Kier alpha value is -9.36. The van der Waals surface area contributed by atoms with Gasteiger partial charge in [-0.1, -0.05) is 36.4 Å². The Bertz CT molecular complexity index is 3540. The van der Waals surface area contributed by atoms with Gasteiger partial charge in [-0.25, -0.2) is 19.6 Å². The third kappa shape index (κ3) is 4.85. The van der Waals surface area contributed by atoms with Crippen molar-refractivity contribution in [2.45, 2.75) is 13.5 Å². The lowest BCUT2D eigenvalue weighted by atomic mass is 9.85. The molecular weight excluding hydrogens is 847 g/mol. The fraction of sp³-hybridized carbons (Fsp3) is 0.0370. The molecule has 0 saturated carbocycles. The summed E-state index contributed by atoms with van der Waals surface area (Å²) in [6.07, 6.45) is 0. The van der Waals surface area contributed by atoms with Crippen LogP contribution in [0.2, 0.25) is 0 Å². The van der Waals surface area contributed by atoms with Gasteiger partial charge < -0.3 is 4.57 Å². The average Bonchev–Trinajstić information content (AvgIpc) is 3.66. The molecule has 0 spiro atoms. The van der Waals surface area contributed by atoms with Crippen molar-refractivity contribution in [3.8, 4) is 0 Å². The van der Waals surface area contributed by atoms with Gasteiger partial charge in [-0.05, 0) is 116 Å². The molecular formula is C54H29N5O8. The van der Waals surface area contributed by atoms with E-state index < -0.39 is 47.3 Å². The summed E-state index contributed by atoms with van der Waals surface area (Å²) >= 11 is 0. The van der Waals surface area contributed by atoms with Crippen molar-refractivity contribution in [1.29, 1.82) is 0 Å². The number of carbonyl (C=O) groups excluding carboxylic acids is 8. The number of rotatable bonds is 5. The highest BCUT2D eigenvalue weighted by Crippen LogP contribution is 2.44. The van der Waals surface area contributed by atoms with Crippen molar-refractivity contribution in [3.63, 3.8) is 0 Å². The van der Waals surface area contributed by atoms with E-state index in [1.807, 2.05) is 23.6 Å². The van der Waals surface area contributed by atoms with E-state index in [0.717, 1.165) is 30.6 Å². The number of aryl methyl sites for hydroxylation is 1. The molecule has 13 nitrogen and oxygen atoms in total. The first kappa shape index (κ1) is 38.1. The van der Waals surface area contributed by atoms with Gasteiger partial charge in [-0.2, -0.15) is 0 Å². The predicted molar refractivity (Wildman–Crippen MR) is 250 cm³/mol. The Morgan fingerprint density at radius 3 is 0.806 bits per heavy atom. The maximum absolute atomic E-state index is 14.5. The lowest BCUT2D eigenvalue weighted by Gasteiger charge is -2.32. The van der Waals surface area contributed by atoms with E-state index in [2.05, 4.69) is 0 Å². The van der Waals surface area contributed by atoms with Crippen LogP contribution in [0.4, 0.5) is 22.7 Å². The van der Waals surface area contributed by atoms with Crippen LogP contribution in [0.3, 0.4) is 0 Å². The molecule has 8 aromatic carbocycles. The minimum Gasteiger partial charge on any atom is -0.341 e. The number of aromatic nitrogens is 1. The quantitative estimate of drug-likeness (QED) is 0.155. The minimum absolute atomic E-state index is 0.159. The fourth-order valence-electron chi connectivity index (χ4n) is 10.5. The summed E-state index contributed by atoms with van der Waals surface area (Å²) in [6, 6.07) is 39.7. The van der Waals surface area contributed by atoms with Gasteiger partial charge in [0.15, 0.2) is 0 Å². The van der Waals surface area contributed by atoms with Crippen molar-refractivity contribution in [1.82, 2.24) is 4.57 Å². The molecule has 5 heterocycles. The lowest BCUT2D eigenvalue weighted by Crippen LogP contribution is -2.43. The first-order chi connectivity index (χ1) is 32.6. The van der Waals surface area contributed by atoms with Crippen LogP contribution in [0, 0.1) is 0 Å². The number of carbonyl (C=O) groups is 8. The molecule has 0 unspecified atom stereocenters. The van der Waals surface area contributed by atoms with Crippen molar-refractivity contribution in [2.24, 2.45) is 0 Å². The summed E-state index contributed by atoms with van der Waals surface area (Å²) in [5, 5.41) is 2.29. The van der Waals surface area contributed by atoms with Crippen molar-refractivity contribution < 1.29 is 38.4 Å². The van der Waals surface area contributed by atoms with E-state index >= 15 is 0 Å². The second kappa shape index (κ2) is 13.3. The van der Waals surface area contributed by atoms with Gasteiger partial charge in [-0.15, -0.1) is 0 Å². The van der Waals surface area contributed by atoms with E-state index in [4.69, 9.17) is 0 Å². The van der Waals surface area contributed by atoms with Crippen molar-refractivity contribution in [2.75, 3.05) is 19.6 Å². The third-order valence-electron chi connectivity index (χ3n) is 13.5. The largest absolute Gasteiger partial charge is 0.341 e. The van der Waals surface area contributed by atoms with Crippen LogP contribution in [-0.4, -0.2) is 51.8 Å². The lowest BCUT2D eigenvalue weighted by molar-refractivity contribution is 0.0873. The van der Waals surface area contributed by atoms with E-state index in [9.17, 15) is 38.4 Å². The molecule has 318 valence electrons. The Morgan fingerprint density at radius 1 is 0.299 bits per heavy atom. The zero-order chi connectivity index (χ0) is 45.7. The van der Waals surface area contributed by atoms with Crippen LogP contribution < -0.4 is 19.6 Å². The molecule has 4 aliphatic heterocycles. The first-order valence-corrected chi connectivity index (χ1v) is 21.5. The minimum atomic E-state index is -0.634. The molecule has 8 amide bonds. The van der Waals surface area contributed by atoms with Crippen LogP contribution in [0.25, 0.3) is 43.4 Å². The summed E-state index contributed by atoms with van der Waals surface area (Å²) in [6.45, 7) is 2.52. The Kier molecular flexibility index (Phi) is 7.59. The molecule has 0 radical (unpaired) electrons. The second-order valence-corrected chi connectivity index (χ2v) is 16.7. The number of imide groups is 4. The van der Waals surface area contributed by atoms with Crippen LogP contribution in [0.5, 0.6) is 0 Å². The number of anilines is 4. The highest BCUT2D eigenvalue weighted by atomic mass is 16.2. The van der Waals surface area contributed by atoms with Gasteiger partial charge in [0.1, 0.15) is 0 Å². The summed E-state index contributed by atoms with van der Waals surface area (Å²) < 4.78 is 2.05. The number of amides is 8. The van der Waals surface area contributed by atoms with E-state index in [-0.39, 0.29) is 77.4 Å². The molecule has 0 atom stereocenters. The molecule has 4 aliphatic rings. The smallest absolute Gasteiger partial charge is 0.265 e. The molecule has 0 N–H and O–H groups in total. The zero-order valence-corrected chi connectivity index (χ0v) is 35.1. The van der Waals surface area contributed by atoms with Gasteiger partial charge in [0.2, 0.25) is 0 Å². The van der Waals surface area contributed by atoms with Crippen molar-refractivity contribution >= 4 is 113 Å². The topological polar surface area (TPSA) is 154 Å². The number of hydrogen-bond acceptors (Lipinski definition) is 8. The Labute approximate surface area is 378 Å². The molecule has 0 saturated heterocycles. The molecule has 67 heavy (non-hydrogen) atoms. The van der Waals surface area contributed by atoms with Gasteiger partial charge in [0.05, 0.1) is 22.7 Å². The normalized spacial score (nSPS) is 15.4. The molecule has 13 rings (SSSR count). The monoisotopic (exact) mass is 875 g/mol. The van der Waals surface area contributed by atoms with Gasteiger partial charge in [-0.3, -0.25) is 38.4 Å². The fourth-order valence-corrected chi connectivity index (χ4v) is 10.5. The van der Waals surface area contributed by atoms with Crippen LogP contribution in [0.1, 0.15) is 89.8 Å². The average molecular weight is 876 g/mol. The van der Waals surface area contributed by atoms with Crippen LogP contribution in [-0.2, 0) is 6.54 Å². The highest BCUT2D eigenvalue weighted by Gasteiger charge is 2.43. The van der Waals surface area contributed by atoms with Crippen LogP contribution >= 0.6 is 0 Å². The Balaban J connectivity index is 0.894. The predicted octanol–water partition coefficient (Wildman–Crippen LogP) is 9.32. The molecule has 1 aromatic heterocycles. The number of fused-ring (bicyclic) bond motifs is 3. The van der Waals surface area contributed by atoms with Gasteiger partial charge in [0.25, 0.3) is 47.3 Å². The summed E-state index contributed by atoms with van der Waals surface area (Å²) in [4.78, 5) is 118. The second-order valence-electron chi connectivity index (χ2n) is 16.7. The highest BCUT2D eigenvalue weighted by molar-refractivity contribution is 6.44. The van der Waals surface area contributed by atoms with E-state index in [1.165, 1.54) is 48.5 Å².